The SMILES string of the molecule is O=S(=O)(O)c1ccc(Cl)c(Cl)c1Cl.P. The summed E-state index contributed by atoms with van der Waals surface area (Å²) >= 11 is 16.6. The molecule has 14 heavy (non-hydrogen) atoms. The van der Waals surface area contributed by atoms with Crippen molar-refractivity contribution < 1.29 is 13.0 Å². The molecule has 1 N–H and O–H groups in total. The number of rotatable bonds is 1. The number of hydrogen-bond donors (Lipinski definition) is 1. The second-order valence-corrected chi connectivity index (χ2v) is 4.70. The largest absolute Gasteiger partial charge is 0.296 e. The zero-order valence-electron chi connectivity index (χ0n) is 6.67. The summed E-state index contributed by atoms with van der Waals surface area (Å²) in [5.41, 5.74) is 0. The van der Waals surface area contributed by atoms with Crippen molar-refractivity contribution in [2.75, 3.05) is 0 Å². The second kappa shape index (κ2) is 4.97. The van der Waals surface area contributed by atoms with E-state index in [1.54, 1.807) is 0 Å². The van der Waals surface area contributed by atoms with E-state index in [0.29, 0.717) is 0 Å². The van der Waals surface area contributed by atoms with Crippen LogP contribution in [0.15, 0.2) is 17.0 Å². The first-order valence-corrected chi connectivity index (χ1v) is 5.52. The van der Waals surface area contributed by atoms with Crippen LogP contribution in [-0.2, 0) is 10.1 Å². The summed E-state index contributed by atoms with van der Waals surface area (Å²) < 4.78 is 30.0. The van der Waals surface area contributed by atoms with Gasteiger partial charge in [-0.1, -0.05) is 34.8 Å². The third kappa shape index (κ3) is 2.96. The quantitative estimate of drug-likeness (QED) is 0.492. The molecule has 0 radical (unpaired) electrons. The summed E-state index contributed by atoms with van der Waals surface area (Å²) in [5.74, 6) is 0. The summed E-state index contributed by atoms with van der Waals surface area (Å²) in [6.07, 6.45) is 0. The lowest BCUT2D eigenvalue weighted by Gasteiger charge is -2.03. The summed E-state index contributed by atoms with van der Waals surface area (Å²) in [6.45, 7) is 0. The molecule has 3 nitrogen and oxygen atoms in total. The van der Waals surface area contributed by atoms with Crippen LogP contribution in [0.3, 0.4) is 0 Å². The van der Waals surface area contributed by atoms with Crippen LogP contribution in [-0.4, -0.2) is 13.0 Å². The zero-order chi connectivity index (χ0) is 10.2. The van der Waals surface area contributed by atoms with Crippen LogP contribution in [0.4, 0.5) is 0 Å². The lowest BCUT2D eigenvalue weighted by Crippen LogP contribution is -1.99. The van der Waals surface area contributed by atoms with E-state index in [1.807, 2.05) is 0 Å². The number of halogens is 3. The molecule has 0 amide bonds. The third-order valence-electron chi connectivity index (χ3n) is 1.28. The Morgan fingerprint density at radius 3 is 2.00 bits per heavy atom. The van der Waals surface area contributed by atoms with E-state index in [9.17, 15) is 8.42 Å². The van der Waals surface area contributed by atoms with Crippen LogP contribution in [0.2, 0.25) is 15.1 Å². The lowest BCUT2D eigenvalue weighted by molar-refractivity contribution is 0.483. The molecule has 0 spiro atoms. The van der Waals surface area contributed by atoms with Gasteiger partial charge < -0.3 is 0 Å². The van der Waals surface area contributed by atoms with Gasteiger partial charge in [-0.2, -0.15) is 18.3 Å². The molecule has 0 saturated heterocycles. The Balaban J connectivity index is 0.00000169. The van der Waals surface area contributed by atoms with Gasteiger partial charge in [-0.05, 0) is 12.1 Å². The average molecular weight is 296 g/mol. The minimum absolute atomic E-state index is 0. The summed E-state index contributed by atoms with van der Waals surface area (Å²) in [6, 6.07) is 2.31. The van der Waals surface area contributed by atoms with Gasteiger partial charge in [0.2, 0.25) is 0 Å². The molecule has 0 heterocycles. The molecule has 0 aliphatic carbocycles. The van der Waals surface area contributed by atoms with Gasteiger partial charge in [0, 0.05) is 0 Å². The molecule has 0 bridgehead atoms. The van der Waals surface area contributed by atoms with Crippen molar-refractivity contribution in [3.63, 3.8) is 0 Å². The van der Waals surface area contributed by atoms with Crippen LogP contribution in [0.1, 0.15) is 0 Å². The molecule has 1 rings (SSSR count). The van der Waals surface area contributed by atoms with Crippen LogP contribution in [0.5, 0.6) is 0 Å². The van der Waals surface area contributed by atoms with Gasteiger partial charge in [-0.15, -0.1) is 0 Å². The Morgan fingerprint density at radius 1 is 1.07 bits per heavy atom. The van der Waals surface area contributed by atoms with Crippen LogP contribution >= 0.6 is 44.7 Å². The van der Waals surface area contributed by atoms with E-state index in [0.717, 1.165) is 6.07 Å². The highest BCUT2D eigenvalue weighted by molar-refractivity contribution is 7.86. The lowest BCUT2D eigenvalue weighted by atomic mass is 10.4. The fourth-order valence-electron chi connectivity index (χ4n) is 0.707. The summed E-state index contributed by atoms with van der Waals surface area (Å²) in [4.78, 5) is -0.455. The monoisotopic (exact) mass is 294 g/mol. The van der Waals surface area contributed by atoms with Gasteiger partial charge in [-0.3, -0.25) is 4.55 Å². The predicted octanol–water partition coefficient (Wildman–Crippen LogP) is 2.95. The Labute approximate surface area is 99.7 Å². The highest BCUT2D eigenvalue weighted by Crippen LogP contribution is 2.34. The Kier molecular flexibility index (Phi) is 5.12. The molecule has 0 fully saturated rings. The first-order valence-electron chi connectivity index (χ1n) is 2.95. The van der Waals surface area contributed by atoms with Crippen molar-refractivity contribution in [2.24, 2.45) is 0 Å². The van der Waals surface area contributed by atoms with E-state index in [1.165, 1.54) is 6.07 Å². The number of benzene rings is 1. The third-order valence-corrected chi connectivity index (χ3v) is 3.58. The molecule has 8 heteroatoms. The van der Waals surface area contributed by atoms with Crippen molar-refractivity contribution in [3.05, 3.63) is 27.2 Å². The van der Waals surface area contributed by atoms with Crippen LogP contribution < -0.4 is 0 Å². The Morgan fingerprint density at radius 2 is 1.57 bits per heavy atom. The highest BCUT2D eigenvalue weighted by atomic mass is 35.5. The van der Waals surface area contributed by atoms with E-state index < -0.39 is 15.0 Å². The average Bonchev–Trinajstić information content (AvgIpc) is 1.98. The van der Waals surface area contributed by atoms with Gasteiger partial charge in [0.05, 0.1) is 15.1 Å². The standard InChI is InChI=1S/C6H3Cl3O3S.H3P/c7-3-1-2-4(13(10,11)12)6(9)5(3)8;/h1-2H,(H,10,11,12);1H3. The molecule has 1 atom stereocenters. The van der Waals surface area contributed by atoms with Crippen molar-refractivity contribution in [1.82, 2.24) is 0 Å². The van der Waals surface area contributed by atoms with Gasteiger partial charge in [0.15, 0.2) is 0 Å². The minimum atomic E-state index is -4.35. The normalized spacial score (nSPS) is 10.9. The molecule has 0 aliphatic heterocycles. The fraction of sp³-hybridized carbons (Fsp3) is 0. The van der Waals surface area contributed by atoms with E-state index in [2.05, 4.69) is 0 Å². The molecular weight excluding hydrogens is 289 g/mol. The topological polar surface area (TPSA) is 54.4 Å². The maximum atomic E-state index is 10.7. The molecule has 0 aromatic heterocycles. The summed E-state index contributed by atoms with van der Waals surface area (Å²) in [5, 5.41) is -0.255. The van der Waals surface area contributed by atoms with Crippen molar-refractivity contribution in [1.29, 1.82) is 0 Å². The van der Waals surface area contributed by atoms with Gasteiger partial charge in [0.25, 0.3) is 10.1 Å². The van der Waals surface area contributed by atoms with E-state index in [4.69, 9.17) is 39.4 Å². The fourth-order valence-corrected chi connectivity index (χ4v) is 2.16. The molecule has 0 saturated carbocycles. The van der Waals surface area contributed by atoms with Crippen molar-refractivity contribution >= 4 is 54.8 Å². The molecule has 1 unspecified atom stereocenters. The maximum Gasteiger partial charge on any atom is 0.296 e. The molecule has 1 aromatic rings. The minimum Gasteiger partial charge on any atom is -0.282 e. The van der Waals surface area contributed by atoms with E-state index >= 15 is 0 Å². The van der Waals surface area contributed by atoms with Gasteiger partial charge in [-0.25, -0.2) is 0 Å². The predicted molar refractivity (Wildman–Crippen MR) is 62.4 cm³/mol. The van der Waals surface area contributed by atoms with Gasteiger partial charge in [0.1, 0.15) is 4.90 Å². The Bertz CT molecular complexity index is 446. The van der Waals surface area contributed by atoms with Gasteiger partial charge >= 0.3 is 0 Å². The number of hydrogen-bond acceptors (Lipinski definition) is 2. The maximum absolute atomic E-state index is 10.7. The second-order valence-electron chi connectivity index (χ2n) is 2.15. The van der Waals surface area contributed by atoms with Crippen molar-refractivity contribution in [3.8, 4) is 0 Å². The first kappa shape index (κ1) is 14.4. The van der Waals surface area contributed by atoms with Crippen LogP contribution in [0.25, 0.3) is 0 Å². The molecule has 0 aliphatic rings. The van der Waals surface area contributed by atoms with Crippen molar-refractivity contribution in [2.45, 2.75) is 4.90 Å². The van der Waals surface area contributed by atoms with E-state index in [-0.39, 0.29) is 25.0 Å². The zero-order valence-corrected chi connectivity index (χ0v) is 11.2. The highest BCUT2D eigenvalue weighted by Gasteiger charge is 2.18. The summed E-state index contributed by atoms with van der Waals surface area (Å²) in [7, 11) is -4.35. The molecule has 80 valence electrons. The molecular formula is C6H6Cl3O3PS. The Hall–Kier alpha value is 0.430. The molecule has 1 aromatic carbocycles. The smallest absolute Gasteiger partial charge is 0.282 e. The first-order chi connectivity index (χ1) is 5.84. The van der Waals surface area contributed by atoms with Crippen LogP contribution in [0, 0.1) is 0 Å².